The number of para-hydroxylation sites is 2. The molecule has 0 amide bonds. The van der Waals surface area contributed by atoms with Crippen molar-refractivity contribution >= 4 is 99.5 Å². The molecule has 4 heteroatoms. The molecule has 0 radical (unpaired) electrons. The van der Waals surface area contributed by atoms with Crippen LogP contribution in [-0.2, 0) is 10.8 Å². The van der Waals surface area contributed by atoms with E-state index in [1.165, 1.54) is 16.5 Å². The van der Waals surface area contributed by atoms with Crippen molar-refractivity contribution < 1.29 is 8.83 Å². The van der Waals surface area contributed by atoms with E-state index in [2.05, 4.69) is 233 Å². The highest BCUT2D eigenvalue weighted by Crippen LogP contribution is 2.50. The zero-order valence-electron chi connectivity index (χ0n) is 36.0. The number of rotatable bonds is 6. The number of hydrogen-bond acceptors (Lipinski definition) is 4. The van der Waals surface area contributed by atoms with Gasteiger partial charge in [-0.2, -0.15) is 0 Å². The van der Waals surface area contributed by atoms with Gasteiger partial charge in [-0.25, -0.2) is 0 Å². The van der Waals surface area contributed by atoms with Crippen LogP contribution in [0.5, 0.6) is 0 Å². The molecule has 0 unspecified atom stereocenters. The van der Waals surface area contributed by atoms with Gasteiger partial charge in [0, 0.05) is 50.0 Å². The average Bonchev–Trinajstić information content (AvgIpc) is 3.84. The van der Waals surface area contributed by atoms with Crippen LogP contribution in [0.3, 0.4) is 0 Å². The van der Waals surface area contributed by atoms with Gasteiger partial charge in [0.15, 0.2) is 11.2 Å². The first-order valence-corrected chi connectivity index (χ1v) is 21.6. The summed E-state index contributed by atoms with van der Waals surface area (Å²) >= 11 is 0. The zero-order valence-corrected chi connectivity index (χ0v) is 36.0. The fourth-order valence-corrected chi connectivity index (χ4v) is 9.19. The predicted octanol–water partition coefficient (Wildman–Crippen LogP) is 17.3. The van der Waals surface area contributed by atoms with Gasteiger partial charge in [-0.3, -0.25) is 0 Å². The maximum Gasteiger partial charge on any atom is 0.163 e. The second-order valence-corrected chi connectivity index (χ2v) is 18.7. The van der Waals surface area contributed by atoms with Crippen LogP contribution in [0.15, 0.2) is 191 Å². The highest BCUT2D eigenvalue weighted by Gasteiger charge is 2.28. The second-order valence-electron chi connectivity index (χ2n) is 18.7. The second kappa shape index (κ2) is 14.1. The Bertz CT molecular complexity index is 3460. The van der Waals surface area contributed by atoms with Gasteiger partial charge in [0.2, 0.25) is 0 Å². The standard InChI is InChI=1S/C58H48N2O2/c1-57(2,3)40-23-28-44(29-24-40)59(42-16-9-7-10-17-42)46-27-21-38-34-48-49-36-50-53-47-20-14-13-15-37(47)22-32-51(53)61-56(50)54(55(49)62-52(48)35-39(38)33-46)60(43-18-11-8-12-19-43)45-30-25-41(26-31-45)58(4,5)6/h7-36H,1-6H3. The van der Waals surface area contributed by atoms with Gasteiger partial charge in [0.1, 0.15) is 16.9 Å². The van der Waals surface area contributed by atoms with Crippen molar-refractivity contribution in [3.8, 4) is 0 Å². The minimum absolute atomic E-state index is 0.0127. The van der Waals surface area contributed by atoms with Crippen molar-refractivity contribution in [2.75, 3.05) is 9.80 Å². The topological polar surface area (TPSA) is 32.8 Å². The predicted molar refractivity (Wildman–Crippen MR) is 263 cm³/mol. The van der Waals surface area contributed by atoms with Gasteiger partial charge in [-0.15, -0.1) is 0 Å². The lowest BCUT2D eigenvalue weighted by Gasteiger charge is -2.27. The van der Waals surface area contributed by atoms with Crippen LogP contribution in [0.2, 0.25) is 0 Å². The normalized spacial score (nSPS) is 12.4. The fourth-order valence-electron chi connectivity index (χ4n) is 9.19. The Morgan fingerprint density at radius 1 is 0.339 bits per heavy atom. The third-order valence-electron chi connectivity index (χ3n) is 12.5. The SMILES string of the molecule is CC(C)(C)c1ccc(N(c2ccccc2)c2ccc3cc4c(cc3c2)oc2c(N(c3ccccc3)c3ccc(C(C)(C)C)cc3)c3oc5ccc6ccccc6c5c3cc24)cc1. The van der Waals surface area contributed by atoms with E-state index in [9.17, 15) is 0 Å². The minimum Gasteiger partial charge on any atom is -0.454 e. The van der Waals surface area contributed by atoms with Crippen molar-refractivity contribution in [3.05, 3.63) is 193 Å². The van der Waals surface area contributed by atoms with Gasteiger partial charge in [0.25, 0.3) is 0 Å². The lowest BCUT2D eigenvalue weighted by Crippen LogP contribution is -2.13. The molecule has 302 valence electrons. The third kappa shape index (κ3) is 6.29. The summed E-state index contributed by atoms with van der Waals surface area (Å²) in [5.41, 5.74) is 12.1. The summed E-state index contributed by atoms with van der Waals surface area (Å²) in [4.78, 5) is 4.64. The van der Waals surface area contributed by atoms with Crippen LogP contribution in [-0.4, -0.2) is 0 Å². The quantitative estimate of drug-likeness (QED) is 0.168. The van der Waals surface area contributed by atoms with Crippen molar-refractivity contribution in [2.45, 2.75) is 52.4 Å². The zero-order chi connectivity index (χ0) is 42.3. The highest BCUT2D eigenvalue weighted by molar-refractivity contribution is 6.27. The molecular weight excluding hydrogens is 757 g/mol. The molecular formula is C58H48N2O2. The Hall–Kier alpha value is -7.30. The van der Waals surface area contributed by atoms with Gasteiger partial charge in [-0.05, 0) is 128 Å². The summed E-state index contributed by atoms with van der Waals surface area (Å²) < 4.78 is 14.2. The number of anilines is 6. The third-order valence-corrected chi connectivity index (χ3v) is 12.5. The van der Waals surface area contributed by atoms with Gasteiger partial charge < -0.3 is 18.6 Å². The van der Waals surface area contributed by atoms with Crippen LogP contribution in [0.1, 0.15) is 52.7 Å². The molecule has 62 heavy (non-hydrogen) atoms. The molecule has 2 aromatic heterocycles. The molecule has 0 N–H and O–H groups in total. The molecule has 0 saturated carbocycles. The maximum atomic E-state index is 7.18. The monoisotopic (exact) mass is 804 g/mol. The molecule has 0 bridgehead atoms. The summed E-state index contributed by atoms with van der Waals surface area (Å²) in [6.45, 7) is 13.5. The van der Waals surface area contributed by atoms with Crippen LogP contribution >= 0.6 is 0 Å². The van der Waals surface area contributed by atoms with Crippen LogP contribution in [0, 0.1) is 0 Å². The molecule has 2 heterocycles. The first-order chi connectivity index (χ1) is 30.0. The molecule has 0 aliphatic rings. The van der Waals surface area contributed by atoms with Crippen LogP contribution in [0.25, 0.3) is 65.4 Å². The summed E-state index contributed by atoms with van der Waals surface area (Å²) in [6.07, 6.45) is 0. The van der Waals surface area contributed by atoms with Crippen LogP contribution in [0.4, 0.5) is 34.1 Å². The number of fused-ring (bicyclic) bond motifs is 9. The highest BCUT2D eigenvalue weighted by atomic mass is 16.3. The molecule has 0 saturated heterocycles. The number of hydrogen-bond donors (Lipinski definition) is 0. The smallest absolute Gasteiger partial charge is 0.163 e. The fraction of sp³-hybridized carbons (Fsp3) is 0.138. The molecule has 0 fully saturated rings. The van der Waals surface area contributed by atoms with E-state index in [1.54, 1.807) is 0 Å². The molecule has 4 nitrogen and oxygen atoms in total. The van der Waals surface area contributed by atoms with E-state index in [4.69, 9.17) is 8.83 Å². The Kier molecular flexibility index (Phi) is 8.59. The van der Waals surface area contributed by atoms with E-state index in [0.717, 1.165) is 94.2 Å². The van der Waals surface area contributed by atoms with Gasteiger partial charge >= 0.3 is 0 Å². The van der Waals surface area contributed by atoms with E-state index in [0.29, 0.717) is 0 Å². The maximum absolute atomic E-state index is 7.18. The van der Waals surface area contributed by atoms with Crippen LogP contribution < -0.4 is 9.80 Å². The molecule has 11 rings (SSSR count). The molecule has 11 aromatic rings. The molecule has 0 aliphatic heterocycles. The Morgan fingerprint density at radius 3 is 1.50 bits per heavy atom. The lowest BCUT2D eigenvalue weighted by atomic mass is 9.87. The molecule has 9 aromatic carbocycles. The molecule has 0 atom stereocenters. The Labute approximate surface area is 362 Å². The Balaban J connectivity index is 1.17. The summed E-state index contributed by atoms with van der Waals surface area (Å²) in [5, 5.41) is 8.84. The number of nitrogens with zero attached hydrogens (tertiary/aromatic N) is 2. The average molecular weight is 805 g/mol. The number of benzene rings is 9. The molecule has 0 spiro atoms. The number of furan rings is 2. The summed E-state index contributed by atoms with van der Waals surface area (Å²) in [7, 11) is 0. The van der Waals surface area contributed by atoms with E-state index in [-0.39, 0.29) is 10.8 Å². The van der Waals surface area contributed by atoms with E-state index < -0.39 is 0 Å². The van der Waals surface area contributed by atoms with Gasteiger partial charge in [-0.1, -0.05) is 139 Å². The summed E-state index contributed by atoms with van der Waals surface area (Å²) in [6, 6.07) is 65.5. The largest absolute Gasteiger partial charge is 0.454 e. The van der Waals surface area contributed by atoms with Crippen molar-refractivity contribution in [3.63, 3.8) is 0 Å². The molecule has 0 aliphatic carbocycles. The van der Waals surface area contributed by atoms with E-state index >= 15 is 0 Å². The van der Waals surface area contributed by atoms with Crippen molar-refractivity contribution in [1.29, 1.82) is 0 Å². The lowest BCUT2D eigenvalue weighted by molar-refractivity contribution is 0.590. The van der Waals surface area contributed by atoms with Crippen molar-refractivity contribution in [1.82, 2.24) is 0 Å². The minimum atomic E-state index is 0.0127. The summed E-state index contributed by atoms with van der Waals surface area (Å²) in [5.74, 6) is 0. The van der Waals surface area contributed by atoms with E-state index in [1.807, 2.05) is 0 Å². The van der Waals surface area contributed by atoms with Gasteiger partial charge in [0.05, 0.1) is 0 Å². The first kappa shape index (κ1) is 37.7. The Morgan fingerprint density at radius 2 is 0.855 bits per heavy atom. The first-order valence-electron chi connectivity index (χ1n) is 21.6. The van der Waals surface area contributed by atoms with Crippen molar-refractivity contribution in [2.24, 2.45) is 0 Å².